The number of nitrogens with zero attached hydrogens (tertiary/aromatic N) is 2. The van der Waals surface area contributed by atoms with Crippen LogP contribution >= 0.6 is 0 Å². The van der Waals surface area contributed by atoms with E-state index in [0.29, 0.717) is 11.7 Å². The van der Waals surface area contributed by atoms with Gasteiger partial charge in [0.15, 0.2) is 5.69 Å². The molecular weight excluding hydrogens is 194 g/mol. The molecule has 1 aromatic heterocycles. The van der Waals surface area contributed by atoms with E-state index in [0.717, 1.165) is 12.8 Å². The molecule has 0 aromatic carbocycles. The number of carbonyl (C=O) groups is 1. The number of amides is 1. The molecule has 1 fully saturated rings. The van der Waals surface area contributed by atoms with Gasteiger partial charge in [0.05, 0.1) is 6.07 Å². The van der Waals surface area contributed by atoms with Crippen molar-refractivity contribution in [3.05, 3.63) is 17.5 Å². The third-order valence-electron chi connectivity index (χ3n) is 2.38. The lowest BCUT2D eigenvalue weighted by atomic mass is 10.2. The fourth-order valence-electron chi connectivity index (χ4n) is 1.37. The predicted molar refractivity (Wildman–Crippen MR) is 50.8 cm³/mol. The van der Waals surface area contributed by atoms with Crippen molar-refractivity contribution in [1.29, 1.82) is 5.26 Å². The Labute approximate surface area is 87.0 Å². The molecule has 0 aliphatic heterocycles. The summed E-state index contributed by atoms with van der Waals surface area (Å²) in [6, 6.07) is 3.24. The topological polar surface area (TPSA) is 78.9 Å². The first-order valence-electron chi connectivity index (χ1n) is 4.84. The molecule has 0 saturated heterocycles. The summed E-state index contributed by atoms with van der Waals surface area (Å²) in [5, 5.41) is 15.1. The number of carbonyl (C=O) groups excluding carboxylic acids is 1. The van der Waals surface area contributed by atoms with Crippen molar-refractivity contribution >= 4 is 5.91 Å². The van der Waals surface area contributed by atoms with Crippen molar-refractivity contribution < 1.29 is 9.32 Å². The molecule has 1 N–H and O–H groups in total. The van der Waals surface area contributed by atoms with E-state index in [1.165, 1.54) is 0 Å². The molecule has 1 atom stereocenters. The molecule has 1 aliphatic rings. The zero-order chi connectivity index (χ0) is 10.8. The lowest BCUT2D eigenvalue weighted by molar-refractivity contribution is 0.0932. The third-order valence-corrected chi connectivity index (χ3v) is 2.38. The predicted octanol–water partition coefficient (Wildman–Crippen LogP) is 1.01. The van der Waals surface area contributed by atoms with Gasteiger partial charge < -0.3 is 9.84 Å². The van der Waals surface area contributed by atoms with Gasteiger partial charge in [0, 0.05) is 6.07 Å². The van der Waals surface area contributed by atoms with Crippen LogP contribution in [0.4, 0.5) is 0 Å². The van der Waals surface area contributed by atoms with Gasteiger partial charge >= 0.3 is 0 Å². The van der Waals surface area contributed by atoms with Gasteiger partial charge in [-0.1, -0.05) is 5.16 Å². The zero-order valence-corrected chi connectivity index (χ0v) is 8.36. The molecule has 15 heavy (non-hydrogen) atoms. The largest absolute Gasteiger partial charge is 0.361 e. The first-order valence-corrected chi connectivity index (χ1v) is 4.84. The van der Waals surface area contributed by atoms with E-state index < -0.39 is 6.04 Å². The van der Waals surface area contributed by atoms with Crippen LogP contribution in [-0.2, 0) is 0 Å². The van der Waals surface area contributed by atoms with Crippen molar-refractivity contribution in [2.45, 2.75) is 25.8 Å². The van der Waals surface area contributed by atoms with Crippen molar-refractivity contribution in [1.82, 2.24) is 10.5 Å². The summed E-state index contributed by atoms with van der Waals surface area (Å²) in [4.78, 5) is 11.6. The van der Waals surface area contributed by atoms with Crippen LogP contribution < -0.4 is 5.32 Å². The quantitative estimate of drug-likeness (QED) is 0.798. The van der Waals surface area contributed by atoms with Crippen LogP contribution in [0.25, 0.3) is 0 Å². The Bertz CT molecular complexity index is 415. The number of rotatable bonds is 3. The second-order valence-electron chi connectivity index (χ2n) is 3.74. The molecule has 1 saturated carbocycles. The Morgan fingerprint density at radius 2 is 2.53 bits per heavy atom. The van der Waals surface area contributed by atoms with Gasteiger partial charge in [0.2, 0.25) is 0 Å². The van der Waals surface area contributed by atoms with E-state index >= 15 is 0 Å². The smallest absolute Gasteiger partial charge is 0.274 e. The molecule has 78 valence electrons. The molecule has 1 amide bonds. The molecule has 0 radical (unpaired) electrons. The standard InChI is InChI=1S/C10H11N3O2/c1-6-4-8(13-15-6)10(14)12-9(5-11)7-2-3-7/h4,7,9H,2-3H2,1H3,(H,12,14). The van der Waals surface area contributed by atoms with E-state index in [2.05, 4.69) is 16.5 Å². The minimum absolute atomic E-state index is 0.230. The summed E-state index contributed by atoms with van der Waals surface area (Å²) < 4.78 is 4.78. The van der Waals surface area contributed by atoms with Gasteiger partial charge in [0.1, 0.15) is 11.8 Å². The molecule has 1 aliphatic carbocycles. The van der Waals surface area contributed by atoms with Crippen LogP contribution in [0.15, 0.2) is 10.6 Å². The summed E-state index contributed by atoms with van der Waals surface area (Å²) in [6.07, 6.45) is 2.02. The average molecular weight is 205 g/mol. The number of hydrogen-bond acceptors (Lipinski definition) is 4. The second-order valence-corrected chi connectivity index (χ2v) is 3.74. The van der Waals surface area contributed by atoms with Crippen LogP contribution in [-0.4, -0.2) is 17.1 Å². The molecule has 1 aromatic rings. The fraction of sp³-hybridized carbons (Fsp3) is 0.500. The minimum Gasteiger partial charge on any atom is -0.361 e. The molecule has 0 spiro atoms. The van der Waals surface area contributed by atoms with Crippen LogP contribution in [0.1, 0.15) is 29.1 Å². The average Bonchev–Trinajstić information content (AvgIpc) is 2.97. The van der Waals surface area contributed by atoms with Crippen molar-refractivity contribution in [3.8, 4) is 6.07 Å². The van der Waals surface area contributed by atoms with Crippen LogP contribution in [0.5, 0.6) is 0 Å². The van der Waals surface area contributed by atoms with Gasteiger partial charge in [-0.25, -0.2) is 0 Å². The van der Waals surface area contributed by atoms with E-state index in [9.17, 15) is 4.79 Å². The van der Waals surface area contributed by atoms with E-state index in [1.54, 1.807) is 13.0 Å². The van der Waals surface area contributed by atoms with E-state index in [4.69, 9.17) is 9.78 Å². The summed E-state index contributed by atoms with van der Waals surface area (Å²) >= 11 is 0. The first-order chi connectivity index (χ1) is 7.20. The molecule has 1 unspecified atom stereocenters. The highest BCUT2D eigenvalue weighted by Gasteiger charge is 2.32. The maximum Gasteiger partial charge on any atom is 0.274 e. The Balaban J connectivity index is 2.00. The summed E-state index contributed by atoms with van der Waals surface area (Å²) in [5.41, 5.74) is 0.230. The summed E-state index contributed by atoms with van der Waals surface area (Å²) in [6.45, 7) is 1.71. The Hall–Kier alpha value is -1.83. The molecule has 2 rings (SSSR count). The van der Waals surface area contributed by atoms with Gasteiger partial charge in [-0.05, 0) is 25.7 Å². The van der Waals surface area contributed by atoms with Gasteiger partial charge in [-0.3, -0.25) is 4.79 Å². The molecule has 0 bridgehead atoms. The maximum atomic E-state index is 11.6. The van der Waals surface area contributed by atoms with E-state index in [1.807, 2.05) is 0 Å². The number of nitrogens with one attached hydrogen (secondary N) is 1. The Kier molecular flexibility index (Phi) is 2.42. The van der Waals surface area contributed by atoms with Crippen LogP contribution in [0.3, 0.4) is 0 Å². The Morgan fingerprint density at radius 1 is 1.80 bits per heavy atom. The van der Waals surface area contributed by atoms with Crippen LogP contribution in [0.2, 0.25) is 0 Å². The first kappa shape index (κ1) is 9.71. The highest BCUT2D eigenvalue weighted by molar-refractivity contribution is 5.92. The van der Waals surface area contributed by atoms with Crippen molar-refractivity contribution in [2.75, 3.05) is 0 Å². The van der Waals surface area contributed by atoms with Gasteiger partial charge in [-0.15, -0.1) is 0 Å². The van der Waals surface area contributed by atoms with Gasteiger partial charge in [0.25, 0.3) is 5.91 Å². The normalized spacial score (nSPS) is 16.8. The van der Waals surface area contributed by atoms with Crippen LogP contribution in [0, 0.1) is 24.2 Å². The van der Waals surface area contributed by atoms with Crippen molar-refractivity contribution in [2.24, 2.45) is 5.92 Å². The number of aromatic nitrogens is 1. The minimum atomic E-state index is -0.394. The summed E-state index contributed by atoms with van der Waals surface area (Å²) in [7, 11) is 0. The zero-order valence-electron chi connectivity index (χ0n) is 8.36. The molecular formula is C10H11N3O2. The number of hydrogen-bond donors (Lipinski definition) is 1. The monoisotopic (exact) mass is 205 g/mol. The second kappa shape index (κ2) is 3.73. The molecule has 1 heterocycles. The van der Waals surface area contributed by atoms with Gasteiger partial charge in [-0.2, -0.15) is 5.26 Å². The van der Waals surface area contributed by atoms with Crippen molar-refractivity contribution in [3.63, 3.8) is 0 Å². The molecule has 5 nitrogen and oxygen atoms in total. The highest BCUT2D eigenvalue weighted by atomic mass is 16.5. The fourth-order valence-corrected chi connectivity index (χ4v) is 1.37. The SMILES string of the molecule is Cc1cc(C(=O)NC(C#N)C2CC2)no1. The lowest BCUT2D eigenvalue weighted by Crippen LogP contribution is -2.35. The highest BCUT2D eigenvalue weighted by Crippen LogP contribution is 2.32. The Morgan fingerprint density at radius 3 is 3.00 bits per heavy atom. The van der Waals surface area contributed by atoms with E-state index in [-0.39, 0.29) is 11.6 Å². The maximum absolute atomic E-state index is 11.6. The summed E-state index contributed by atoms with van der Waals surface area (Å²) in [5.74, 6) is 0.553. The molecule has 5 heteroatoms. The lowest BCUT2D eigenvalue weighted by Gasteiger charge is -2.07. The number of nitriles is 1. The third kappa shape index (κ3) is 2.15. The number of aryl methyl sites for hydroxylation is 1.